The fourth-order valence-electron chi connectivity index (χ4n) is 3.28. The number of nitrogens with zero attached hydrogens (tertiary/aromatic N) is 1. The minimum absolute atomic E-state index is 0.000542. The van der Waals surface area contributed by atoms with E-state index in [1.165, 1.54) is 0 Å². The Morgan fingerprint density at radius 3 is 2.62 bits per heavy atom. The van der Waals surface area contributed by atoms with E-state index in [1.54, 1.807) is 14.2 Å². The van der Waals surface area contributed by atoms with Gasteiger partial charge in [0.25, 0.3) is 0 Å². The van der Waals surface area contributed by atoms with E-state index in [4.69, 9.17) is 26.4 Å². The first-order valence-corrected chi connectivity index (χ1v) is 8.80. The number of rotatable bonds is 4. The van der Waals surface area contributed by atoms with Crippen molar-refractivity contribution in [3.05, 3.63) is 36.0 Å². The highest BCUT2D eigenvalue weighted by Crippen LogP contribution is 2.36. The van der Waals surface area contributed by atoms with E-state index < -0.39 is 5.92 Å². The minimum atomic E-state index is -0.488. The van der Waals surface area contributed by atoms with Gasteiger partial charge in [0, 0.05) is 18.8 Å². The molecule has 2 saturated heterocycles. The molecular formula is C18H23N3O4S. The second kappa shape index (κ2) is 7.92. The minimum Gasteiger partial charge on any atom is -0.493 e. The molecule has 2 atom stereocenters. The van der Waals surface area contributed by atoms with Gasteiger partial charge in [-0.15, -0.1) is 0 Å². The van der Waals surface area contributed by atoms with Crippen molar-refractivity contribution in [1.82, 2.24) is 15.5 Å². The number of amides is 1. The first kappa shape index (κ1) is 18.5. The van der Waals surface area contributed by atoms with Crippen LogP contribution in [0.5, 0.6) is 11.5 Å². The van der Waals surface area contributed by atoms with Crippen molar-refractivity contribution in [2.24, 2.45) is 5.92 Å². The molecule has 2 fully saturated rings. The van der Waals surface area contributed by atoms with Gasteiger partial charge in [0.2, 0.25) is 5.91 Å². The van der Waals surface area contributed by atoms with Crippen LogP contribution in [-0.4, -0.2) is 56.4 Å². The number of carbonyl (C=O) groups is 1. The smallest absolute Gasteiger partial charge is 0.234 e. The molecule has 8 heteroatoms. The predicted molar refractivity (Wildman–Crippen MR) is 101 cm³/mol. The Morgan fingerprint density at radius 2 is 1.96 bits per heavy atom. The van der Waals surface area contributed by atoms with Crippen molar-refractivity contribution in [3.8, 4) is 11.5 Å². The molecule has 7 nitrogen and oxygen atoms in total. The third-order valence-electron chi connectivity index (χ3n) is 4.62. The molecule has 2 N–H and O–H groups in total. The normalized spacial score (nSPS) is 23.1. The molecular weight excluding hydrogens is 354 g/mol. The van der Waals surface area contributed by atoms with Crippen LogP contribution in [0.15, 0.2) is 30.5 Å². The first-order valence-electron chi connectivity index (χ1n) is 8.40. The maximum Gasteiger partial charge on any atom is 0.234 e. The van der Waals surface area contributed by atoms with E-state index in [1.807, 2.05) is 23.1 Å². The lowest BCUT2D eigenvalue weighted by atomic mass is 9.87. The van der Waals surface area contributed by atoms with Crippen LogP contribution >= 0.6 is 12.2 Å². The summed E-state index contributed by atoms with van der Waals surface area (Å²) in [5.41, 5.74) is 1.46. The highest BCUT2D eigenvalue weighted by atomic mass is 32.1. The van der Waals surface area contributed by atoms with Gasteiger partial charge in [-0.05, 0) is 29.9 Å². The Labute approximate surface area is 158 Å². The summed E-state index contributed by atoms with van der Waals surface area (Å²) in [4.78, 5) is 15.0. The van der Waals surface area contributed by atoms with Crippen LogP contribution in [0.1, 0.15) is 11.6 Å². The molecule has 1 aromatic carbocycles. The number of thiocarbonyl (C=S) groups is 1. The molecule has 0 unspecified atom stereocenters. The Balaban J connectivity index is 1.94. The standard InChI is InChI=1S/C18H23N3O4S/c1-11-15(17(22)21-6-8-25-9-7-21)16(20-18(26)19-11)12-4-5-13(23-2)14(10-12)24-3/h4-5,10,15-16H,1,6-9H2,2-3H3,(H2,19,20,26)/t15-,16-/m0/s1. The van der Waals surface area contributed by atoms with Crippen molar-refractivity contribution in [2.45, 2.75) is 6.04 Å². The lowest BCUT2D eigenvalue weighted by Gasteiger charge is -2.39. The maximum absolute atomic E-state index is 13.2. The van der Waals surface area contributed by atoms with Gasteiger partial charge < -0.3 is 29.7 Å². The van der Waals surface area contributed by atoms with Crippen LogP contribution in [-0.2, 0) is 9.53 Å². The highest BCUT2D eigenvalue weighted by Gasteiger charge is 2.39. The topological polar surface area (TPSA) is 72.1 Å². The molecule has 0 aromatic heterocycles. The van der Waals surface area contributed by atoms with Gasteiger partial charge >= 0.3 is 0 Å². The van der Waals surface area contributed by atoms with Gasteiger partial charge in [-0.2, -0.15) is 0 Å². The lowest BCUT2D eigenvalue weighted by molar-refractivity contribution is -0.139. The largest absolute Gasteiger partial charge is 0.493 e. The summed E-state index contributed by atoms with van der Waals surface area (Å²) < 4.78 is 16.0. The summed E-state index contributed by atoms with van der Waals surface area (Å²) in [6, 6.07) is 5.24. The van der Waals surface area contributed by atoms with Crippen LogP contribution in [0, 0.1) is 5.92 Å². The van der Waals surface area contributed by atoms with E-state index in [0.717, 1.165) is 5.56 Å². The Bertz CT molecular complexity index is 718. The number of nitrogens with one attached hydrogen (secondary N) is 2. The fraction of sp³-hybridized carbons (Fsp3) is 0.444. The van der Waals surface area contributed by atoms with Gasteiger partial charge in [-0.3, -0.25) is 4.79 Å². The molecule has 0 aliphatic carbocycles. The Hall–Kier alpha value is -2.32. The number of carbonyl (C=O) groups excluding carboxylic acids is 1. The molecule has 0 spiro atoms. The molecule has 2 heterocycles. The molecule has 0 bridgehead atoms. The summed E-state index contributed by atoms with van der Waals surface area (Å²) in [7, 11) is 3.17. The van der Waals surface area contributed by atoms with Crippen LogP contribution in [0.3, 0.4) is 0 Å². The molecule has 26 heavy (non-hydrogen) atoms. The van der Waals surface area contributed by atoms with E-state index in [2.05, 4.69) is 17.2 Å². The van der Waals surface area contributed by atoms with E-state index in [0.29, 0.717) is 48.6 Å². The van der Waals surface area contributed by atoms with Crippen LogP contribution < -0.4 is 20.1 Å². The third kappa shape index (κ3) is 3.61. The van der Waals surface area contributed by atoms with Gasteiger partial charge in [0.05, 0.1) is 33.5 Å². The van der Waals surface area contributed by atoms with Crippen molar-refractivity contribution >= 4 is 23.2 Å². The van der Waals surface area contributed by atoms with Crippen molar-refractivity contribution < 1.29 is 19.0 Å². The quantitative estimate of drug-likeness (QED) is 0.764. The number of morpholine rings is 1. The summed E-state index contributed by atoms with van der Waals surface area (Å²) in [5, 5.41) is 6.64. The van der Waals surface area contributed by atoms with E-state index in [9.17, 15) is 4.79 Å². The fourth-order valence-corrected chi connectivity index (χ4v) is 3.54. The molecule has 2 aliphatic heterocycles. The zero-order chi connectivity index (χ0) is 18.7. The summed E-state index contributed by atoms with van der Waals surface area (Å²) in [5.74, 6) is 0.737. The monoisotopic (exact) mass is 377 g/mol. The van der Waals surface area contributed by atoms with Crippen LogP contribution in [0.4, 0.5) is 0 Å². The van der Waals surface area contributed by atoms with Gasteiger partial charge in [0.15, 0.2) is 16.6 Å². The van der Waals surface area contributed by atoms with Gasteiger partial charge in [-0.1, -0.05) is 12.6 Å². The van der Waals surface area contributed by atoms with E-state index >= 15 is 0 Å². The Morgan fingerprint density at radius 1 is 1.27 bits per heavy atom. The molecule has 140 valence electrons. The summed E-state index contributed by atoms with van der Waals surface area (Å²) in [6.45, 7) is 6.28. The molecule has 2 aliphatic rings. The van der Waals surface area contributed by atoms with Crippen molar-refractivity contribution in [2.75, 3.05) is 40.5 Å². The zero-order valence-electron chi connectivity index (χ0n) is 14.9. The number of methoxy groups -OCH3 is 2. The second-order valence-electron chi connectivity index (χ2n) is 6.13. The first-order chi connectivity index (χ1) is 12.5. The second-order valence-corrected chi connectivity index (χ2v) is 6.54. The highest BCUT2D eigenvalue weighted by molar-refractivity contribution is 7.80. The predicted octanol–water partition coefficient (Wildman–Crippen LogP) is 1.21. The summed E-state index contributed by atoms with van der Waals surface area (Å²) in [6.07, 6.45) is 0. The number of hydrogen-bond acceptors (Lipinski definition) is 5. The zero-order valence-corrected chi connectivity index (χ0v) is 15.7. The van der Waals surface area contributed by atoms with Crippen LogP contribution in [0.25, 0.3) is 0 Å². The number of hydrogen-bond donors (Lipinski definition) is 2. The average Bonchev–Trinajstić information content (AvgIpc) is 2.67. The molecule has 1 amide bonds. The maximum atomic E-state index is 13.2. The Kier molecular flexibility index (Phi) is 5.63. The molecule has 3 rings (SSSR count). The van der Waals surface area contributed by atoms with Crippen molar-refractivity contribution in [1.29, 1.82) is 0 Å². The molecule has 0 saturated carbocycles. The molecule has 1 aromatic rings. The SMILES string of the molecule is C=C1NC(=S)N[C@@H](c2ccc(OC)c(OC)c2)[C@H]1C(=O)N1CCOCC1. The summed E-state index contributed by atoms with van der Waals surface area (Å²) >= 11 is 5.28. The average molecular weight is 377 g/mol. The van der Waals surface area contributed by atoms with Crippen LogP contribution in [0.2, 0.25) is 0 Å². The van der Waals surface area contributed by atoms with E-state index in [-0.39, 0.29) is 11.9 Å². The third-order valence-corrected chi connectivity index (χ3v) is 4.84. The van der Waals surface area contributed by atoms with Gasteiger partial charge in [-0.25, -0.2) is 0 Å². The number of benzene rings is 1. The lowest BCUT2D eigenvalue weighted by Crippen LogP contribution is -2.55. The van der Waals surface area contributed by atoms with Gasteiger partial charge in [0.1, 0.15) is 5.92 Å². The molecule has 0 radical (unpaired) electrons. The number of ether oxygens (including phenoxy) is 3. The van der Waals surface area contributed by atoms with Crippen molar-refractivity contribution in [3.63, 3.8) is 0 Å².